The van der Waals surface area contributed by atoms with Gasteiger partial charge < -0.3 is 9.52 Å². The van der Waals surface area contributed by atoms with Crippen LogP contribution in [-0.2, 0) is 13.5 Å². The standard InChI is InChI=1S/C11H13ClN2O2/c1-7-8(11(12)14(2)13-7)6-9(15)10-4-3-5-16-10/h3-5,9,15H,6H2,1-2H3. The Labute approximate surface area is 98.4 Å². The average Bonchev–Trinajstić information content (AvgIpc) is 2.83. The van der Waals surface area contributed by atoms with Gasteiger partial charge in [-0.3, -0.25) is 4.68 Å². The third kappa shape index (κ3) is 1.99. The number of aliphatic hydroxyl groups excluding tert-OH is 1. The first-order valence-electron chi connectivity index (χ1n) is 4.99. The van der Waals surface area contributed by atoms with Gasteiger partial charge in [0.1, 0.15) is 17.0 Å². The van der Waals surface area contributed by atoms with Crippen LogP contribution >= 0.6 is 11.6 Å². The van der Waals surface area contributed by atoms with Crippen LogP contribution in [0, 0.1) is 6.92 Å². The summed E-state index contributed by atoms with van der Waals surface area (Å²) in [5, 5.41) is 14.7. The van der Waals surface area contributed by atoms with E-state index >= 15 is 0 Å². The largest absolute Gasteiger partial charge is 0.467 e. The van der Waals surface area contributed by atoms with E-state index in [1.165, 1.54) is 6.26 Å². The molecule has 2 aromatic heterocycles. The second kappa shape index (κ2) is 4.31. The third-order valence-corrected chi connectivity index (χ3v) is 3.01. The minimum Gasteiger partial charge on any atom is -0.467 e. The van der Waals surface area contributed by atoms with Crippen molar-refractivity contribution in [3.8, 4) is 0 Å². The predicted octanol–water partition coefficient (Wildman–Crippen LogP) is 2.25. The highest BCUT2D eigenvalue weighted by Gasteiger charge is 2.18. The highest BCUT2D eigenvalue weighted by Crippen LogP contribution is 2.25. The number of hydrogen-bond donors (Lipinski definition) is 1. The summed E-state index contributed by atoms with van der Waals surface area (Å²) in [5.74, 6) is 0.541. The SMILES string of the molecule is Cc1nn(C)c(Cl)c1CC(O)c1ccco1. The van der Waals surface area contributed by atoms with Gasteiger partial charge in [0.25, 0.3) is 0 Å². The Morgan fingerprint density at radius 3 is 2.88 bits per heavy atom. The van der Waals surface area contributed by atoms with E-state index in [1.54, 1.807) is 23.9 Å². The molecule has 0 aliphatic carbocycles. The van der Waals surface area contributed by atoms with Crippen LogP contribution in [0.1, 0.15) is 23.1 Å². The van der Waals surface area contributed by atoms with Crippen LogP contribution < -0.4 is 0 Å². The monoisotopic (exact) mass is 240 g/mol. The van der Waals surface area contributed by atoms with Gasteiger partial charge in [0.2, 0.25) is 0 Å². The topological polar surface area (TPSA) is 51.2 Å². The number of aliphatic hydroxyl groups is 1. The first kappa shape index (κ1) is 11.2. The molecule has 5 heteroatoms. The lowest BCUT2D eigenvalue weighted by molar-refractivity contribution is 0.150. The van der Waals surface area contributed by atoms with Crippen molar-refractivity contribution >= 4 is 11.6 Å². The Balaban J connectivity index is 2.21. The summed E-state index contributed by atoms with van der Waals surface area (Å²) in [7, 11) is 1.78. The maximum Gasteiger partial charge on any atom is 0.132 e. The molecule has 2 aromatic rings. The van der Waals surface area contributed by atoms with Gasteiger partial charge in [-0.25, -0.2) is 0 Å². The van der Waals surface area contributed by atoms with Crippen LogP contribution in [0.3, 0.4) is 0 Å². The molecule has 1 atom stereocenters. The second-order valence-electron chi connectivity index (χ2n) is 3.71. The molecule has 0 spiro atoms. The van der Waals surface area contributed by atoms with Crippen LogP contribution in [0.2, 0.25) is 5.15 Å². The number of aryl methyl sites for hydroxylation is 2. The molecule has 1 unspecified atom stereocenters. The molecule has 0 fully saturated rings. The molecule has 0 aromatic carbocycles. The number of rotatable bonds is 3. The predicted molar refractivity (Wildman–Crippen MR) is 60.3 cm³/mol. The minimum absolute atomic E-state index is 0.409. The van der Waals surface area contributed by atoms with Crippen molar-refractivity contribution < 1.29 is 9.52 Å². The quantitative estimate of drug-likeness (QED) is 0.895. The van der Waals surface area contributed by atoms with Crippen molar-refractivity contribution in [2.24, 2.45) is 7.05 Å². The van der Waals surface area contributed by atoms with E-state index in [4.69, 9.17) is 16.0 Å². The van der Waals surface area contributed by atoms with Crippen LogP contribution in [0.25, 0.3) is 0 Å². The highest BCUT2D eigenvalue weighted by molar-refractivity contribution is 6.30. The van der Waals surface area contributed by atoms with Crippen molar-refractivity contribution in [1.29, 1.82) is 0 Å². The molecule has 0 saturated heterocycles. The lowest BCUT2D eigenvalue weighted by atomic mass is 10.1. The zero-order chi connectivity index (χ0) is 11.7. The summed E-state index contributed by atoms with van der Waals surface area (Å²) in [6, 6.07) is 3.49. The van der Waals surface area contributed by atoms with Crippen molar-refractivity contribution in [2.45, 2.75) is 19.4 Å². The smallest absolute Gasteiger partial charge is 0.132 e. The Hall–Kier alpha value is -1.26. The molecule has 86 valence electrons. The van der Waals surface area contributed by atoms with Crippen molar-refractivity contribution in [3.63, 3.8) is 0 Å². The van der Waals surface area contributed by atoms with Crippen LogP contribution in [0.15, 0.2) is 22.8 Å². The molecular formula is C11H13ClN2O2. The lowest BCUT2D eigenvalue weighted by Gasteiger charge is -2.07. The fourth-order valence-electron chi connectivity index (χ4n) is 1.68. The molecule has 16 heavy (non-hydrogen) atoms. The summed E-state index contributed by atoms with van der Waals surface area (Å²) in [5.41, 5.74) is 1.69. The maximum atomic E-state index is 9.93. The molecule has 0 amide bonds. The van der Waals surface area contributed by atoms with Gasteiger partial charge in [-0.15, -0.1) is 0 Å². The first-order valence-corrected chi connectivity index (χ1v) is 5.37. The molecule has 0 aliphatic rings. The molecule has 2 rings (SSSR count). The Bertz CT molecular complexity index is 476. The normalized spacial score (nSPS) is 13.0. The van der Waals surface area contributed by atoms with Crippen molar-refractivity contribution in [2.75, 3.05) is 0 Å². The minimum atomic E-state index is -0.685. The molecule has 1 N–H and O–H groups in total. The summed E-state index contributed by atoms with van der Waals surface area (Å²) < 4.78 is 6.73. The summed E-state index contributed by atoms with van der Waals surface area (Å²) in [4.78, 5) is 0. The first-order chi connectivity index (χ1) is 7.59. The summed E-state index contributed by atoms with van der Waals surface area (Å²) in [6.45, 7) is 1.87. The van der Waals surface area contributed by atoms with Gasteiger partial charge in [0.15, 0.2) is 0 Å². The molecule has 0 radical (unpaired) electrons. The van der Waals surface area contributed by atoms with E-state index < -0.39 is 6.10 Å². The number of halogens is 1. The van der Waals surface area contributed by atoms with Crippen LogP contribution in [-0.4, -0.2) is 14.9 Å². The summed E-state index contributed by atoms with van der Waals surface area (Å²) in [6.07, 6.45) is 1.26. The summed E-state index contributed by atoms with van der Waals surface area (Å²) >= 11 is 6.08. The van der Waals surface area contributed by atoms with Crippen molar-refractivity contribution in [3.05, 3.63) is 40.6 Å². The zero-order valence-corrected chi connectivity index (χ0v) is 9.90. The van der Waals surface area contributed by atoms with E-state index in [2.05, 4.69) is 5.10 Å². The number of hydrogen-bond acceptors (Lipinski definition) is 3. The third-order valence-electron chi connectivity index (χ3n) is 2.54. The fraction of sp³-hybridized carbons (Fsp3) is 0.364. The maximum absolute atomic E-state index is 9.93. The lowest BCUT2D eigenvalue weighted by Crippen LogP contribution is -2.01. The van der Waals surface area contributed by atoms with E-state index in [9.17, 15) is 5.11 Å². The highest BCUT2D eigenvalue weighted by atomic mass is 35.5. The van der Waals surface area contributed by atoms with E-state index in [0.717, 1.165) is 11.3 Å². The van der Waals surface area contributed by atoms with Gasteiger partial charge in [-0.05, 0) is 19.1 Å². The Morgan fingerprint density at radius 2 is 2.38 bits per heavy atom. The van der Waals surface area contributed by atoms with Crippen molar-refractivity contribution in [1.82, 2.24) is 9.78 Å². The van der Waals surface area contributed by atoms with Crippen LogP contribution in [0.4, 0.5) is 0 Å². The van der Waals surface area contributed by atoms with E-state index in [1.807, 2.05) is 6.92 Å². The molecule has 0 saturated carbocycles. The number of furan rings is 1. The van der Waals surface area contributed by atoms with Gasteiger partial charge in [0, 0.05) is 19.0 Å². The molecular weight excluding hydrogens is 228 g/mol. The number of aromatic nitrogens is 2. The van der Waals surface area contributed by atoms with Crippen LogP contribution in [0.5, 0.6) is 0 Å². The molecule has 0 bridgehead atoms. The second-order valence-corrected chi connectivity index (χ2v) is 4.07. The Kier molecular flexibility index (Phi) is 3.03. The van der Waals surface area contributed by atoms with Gasteiger partial charge in [0.05, 0.1) is 12.0 Å². The zero-order valence-electron chi connectivity index (χ0n) is 9.14. The van der Waals surface area contributed by atoms with E-state index in [0.29, 0.717) is 17.3 Å². The molecule has 0 aliphatic heterocycles. The Morgan fingerprint density at radius 1 is 1.62 bits per heavy atom. The van der Waals surface area contributed by atoms with Gasteiger partial charge in [-0.1, -0.05) is 11.6 Å². The molecule has 4 nitrogen and oxygen atoms in total. The number of nitrogens with zero attached hydrogens (tertiary/aromatic N) is 2. The average molecular weight is 241 g/mol. The fourth-order valence-corrected chi connectivity index (χ4v) is 1.93. The van der Waals surface area contributed by atoms with E-state index in [-0.39, 0.29) is 0 Å². The van der Waals surface area contributed by atoms with Gasteiger partial charge in [-0.2, -0.15) is 5.10 Å². The molecule has 2 heterocycles. The van der Waals surface area contributed by atoms with Gasteiger partial charge >= 0.3 is 0 Å².